The molecule has 0 bridgehead atoms. The second kappa shape index (κ2) is 14.0. The van der Waals surface area contributed by atoms with E-state index in [0.717, 1.165) is 29.7 Å². The first-order chi connectivity index (χ1) is 24.9. The summed E-state index contributed by atoms with van der Waals surface area (Å²) in [6, 6.07) is 21.6. The summed E-state index contributed by atoms with van der Waals surface area (Å²) in [5.74, 6) is -1.06. The van der Waals surface area contributed by atoms with Crippen LogP contribution in [-0.4, -0.2) is 69.2 Å². The Morgan fingerprint density at radius 3 is 2.50 bits per heavy atom. The molecule has 1 spiro atoms. The number of non-ortho nitro benzene ring substituents is 1. The van der Waals surface area contributed by atoms with Crippen LogP contribution in [0.2, 0.25) is 18.6 Å². The lowest BCUT2D eigenvalue weighted by Crippen LogP contribution is -2.46. The van der Waals surface area contributed by atoms with Crippen molar-refractivity contribution in [1.29, 1.82) is 0 Å². The van der Waals surface area contributed by atoms with Gasteiger partial charge >= 0.3 is 0 Å². The number of piperidine rings is 1. The summed E-state index contributed by atoms with van der Waals surface area (Å²) in [6.07, 6.45) is 4.01. The molecule has 2 amide bonds. The SMILES string of the molecule is C[C@@H]1[C@@H]([Si](C)(C)O)[C@H](CCn2cc(C(CO)c3ccccc3)nn2)O[C@@]12C(=O)N(Cc1ccc(N3CCCCC3=O)cc1)c1ccc([N+](=O)[O-])cc12. The molecule has 4 heterocycles. The van der Waals surface area contributed by atoms with Crippen molar-refractivity contribution in [3.63, 3.8) is 0 Å². The van der Waals surface area contributed by atoms with Gasteiger partial charge in [0, 0.05) is 60.5 Å². The molecule has 0 radical (unpaired) electrons. The van der Waals surface area contributed by atoms with Gasteiger partial charge in [0.2, 0.25) is 5.91 Å². The molecule has 2 N–H and O–H groups in total. The first-order valence-corrected chi connectivity index (χ1v) is 20.9. The lowest BCUT2D eigenvalue weighted by Gasteiger charge is -2.32. The largest absolute Gasteiger partial charge is 0.432 e. The third-order valence-electron chi connectivity index (χ3n) is 11.0. The maximum absolute atomic E-state index is 14.8. The van der Waals surface area contributed by atoms with Gasteiger partial charge in [-0.25, -0.2) is 0 Å². The topological polar surface area (TPSA) is 164 Å². The standard InChI is InChI=1S/C38H44N6O7Si/c1-25-36(52(2,3)50)34(18-20-41-23-32(39-40-41)30(24-45)27-9-5-4-6-10-27)51-38(25)31-21-29(44(48)49)16-17-33(31)43(37(38)47)22-26-12-14-28(15-13-26)42-19-8-7-11-35(42)46/h4-6,9-10,12-17,21,23,25,30,34,36,45,50H,7-8,11,18-20,22,24H2,1-3H3/t25-,30?,34+,36-,38+/m1/s1. The van der Waals surface area contributed by atoms with Crippen molar-refractivity contribution in [2.24, 2.45) is 5.92 Å². The van der Waals surface area contributed by atoms with Gasteiger partial charge in [-0.3, -0.25) is 24.4 Å². The van der Waals surface area contributed by atoms with Gasteiger partial charge in [0.25, 0.3) is 11.6 Å². The Labute approximate surface area is 303 Å². The predicted octanol–water partition coefficient (Wildman–Crippen LogP) is 5.26. The molecule has 3 aliphatic heterocycles. The average Bonchev–Trinajstić information content (AvgIpc) is 3.78. The van der Waals surface area contributed by atoms with E-state index in [9.17, 15) is 29.6 Å². The number of carbonyl (C=O) groups is 2. The Bertz CT molecular complexity index is 1970. The monoisotopic (exact) mass is 724 g/mol. The molecule has 3 aliphatic rings. The lowest BCUT2D eigenvalue weighted by molar-refractivity contribution is -0.385. The van der Waals surface area contributed by atoms with Gasteiger partial charge in [0.15, 0.2) is 13.9 Å². The normalized spacial score (nSPS) is 23.8. The van der Waals surface area contributed by atoms with Crippen LogP contribution in [0.15, 0.2) is 79.0 Å². The van der Waals surface area contributed by atoms with E-state index in [1.807, 2.05) is 74.6 Å². The number of nitro benzene ring substituents is 1. The molecular formula is C38H44N6O7Si. The van der Waals surface area contributed by atoms with Gasteiger partial charge in [-0.2, -0.15) is 0 Å². The number of aromatic nitrogens is 3. The highest BCUT2D eigenvalue weighted by atomic mass is 28.4. The summed E-state index contributed by atoms with van der Waals surface area (Å²) in [7, 11) is -3.00. The van der Waals surface area contributed by atoms with Crippen molar-refractivity contribution in [3.05, 3.63) is 111 Å². The van der Waals surface area contributed by atoms with Crippen LogP contribution in [0.3, 0.4) is 0 Å². The highest BCUT2D eigenvalue weighted by Crippen LogP contribution is 2.60. The highest BCUT2D eigenvalue weighted by molar-refractivity contribution is 6.71. The number of amides is 2. The molecule has 2 saturated heterocycles. The zero-order chi connectivity index (χ0) is 36.8. The van der Waals surface area contributed by atoms with Gasteiger partial charge in [-0.1, -0.05) is 54.6 Å². The summed E-state index contributed by atoms with van der Waals surface area (Å²) in [6.45, 7) is 6.69. The molecule has 5 atom stereocenters. The molecule has 2 fully saturated rings. The maximum atomic E-state index is 14.8. The van der Waals surface area contributed by atoms with Crippen LogP contribution in [0, 0.1) is 16.0 Å². The first-order valence-electron chi connectivity index (χ1n) is 17.9. The summed E-state index contributed by atoms with van der Waals surface area (Å²) < 4.78 is 8.58. The molecule has 1 aromatic heterocycles. The predicted molar refractivity (Wildman–Crippen MR) is 196 cm³/mol. The molecule has 13 nitrogen and oxygen atoms in total. The lowest BCUT2D eigenvalue weighted by atomic mass is 9.82. The van der Waals surface area contributed by atoms with E-state index in [1.54, 1.807) is 26.7 Å². The number of benzene rings is 3. The Morgan fingerprint density at radius 1 is 1.08 bits per heavy atom. The summed E-state index contributed by atoms with van der Waals surface area (Å²) in [5, 5.41) is 30.8. The molecule has 0 saturated carbocycles. The molecular weight excluding hydrogens is 681 g/mol. The smallest absolute Gasteiger partial charge is 0.269 e. The van der Waals surface area contributed by atoms with E-state index in [1.165, 1.54) is 12.1 Å². The maximum Gasteiger partial charge on any atom is 0.269 e. The van der Waals surface area contributed by atoms with E-state index in [2.05, 4.69) is 10.3 Å². The number of rotatable bonds is 11. The summed E-state index contributed by atoms with van der Waals surface area (Å²) >= 11 is 0. The zero-order valence-electron chi connectivity index (χ0n) is 29.6. The number of nitro groups is 1. The first kappa shape index (κ1) is 35.6. The van der Waals surface area contributed by atoms with Crippen molar-refractivity contribution in [2.75, 3.05) is 23.0 Å². The second-order valence-corrected chi connectivity index (χ2v) is 18.7. The fourth-order valence-corrected chi connectivity index (χ4v) is 11.1. The third-order valence-corrected chi connectivity index (χ3v) is 13.5. The molecule has 272 valence electrons. The van der Waals surface area contributed by atoms with Crippen molar-refractivity contribution in [3.8, 4) is 0 Å². The van der Waals surface area contributed by atoms with E-state index in [0.29, 0.717) is 42.9 Å². The fraction of sp³-hybridized carbons (Fsp3) is 0.421. The van der Waals surface area contributed by atoms with Crippen LogP contribution >= 0.6 is 0 Å². The Kier molecular flexibility index (Phi) is 9.59. The van der Waals surface area contributed by atoms with Crippen LogP contribution < -0.4 is 9.80 Å². The van der Waals surface area contributed by atoms with E-state index >= 15 is 0 Å². The van der Waals surface area contributed by atoms with Crippen LogP contribution in [0.25, 0.3) is 0 Å². The molecule has 3 aromatic carbocycles. The van der Waals surface area contributed by atoms with Gasteiger partial charge < -0.3 is 24.4 Å². The van der Waals surface area contributed by atoms with Gasteiger partial charge in [0.1, 0.15) is 0 Å². The number of hydrogen-bond donors (Lipinski definition) is 2. The summed E-state index contributed by atoms with van der Waals surface area (Å²) in [5.41, 5.74) is 2.07. The molecule has 0 aliphatic carbocycles. The fourth-order valence-electron chi connectivity index (χ4n) is 8.55. The number of aryl methyl sites for hydroxylation is 1. The number of carbonyl (C=O) groups excluding carboxylic acids is 2. The van der Waals surface area contributed by atoms with Gasteiger partial charge in [-0.15, -0.1) is 5.10 Å². The van der Waals surface area contributed by atoms with Crippen LogP contribution in [0.1, 0.15) is 60.9 Å². The Balaban J connectivity index is 1.18. The van der Waals surface area contributed by atoms with Crippen LogP contribution in [0.4, 0.5) is 17.1 Å². The van der Waals surface area contributed by atoms with E-state index in [4.69, 9.17) is 4.74 Å². The zero-order valence-corrected chi connectivity index (χ0v) is 30.6. The summed E-state index contributed by atoms with van der Waals surface area (Å²) in [4.78, 5) is 54.0. The van der Waals surface area contributed by atoms with Crippen molar-refractivity contribution < 1.29 is 29.2 Å². The molecule has 7 rings (SSSR count). The number of aliphatic hydroxyl groups is 1. The minimum atomic E-state index is -3.00. The van der Waals surface area contributed by atoms with Crippen molar-refractivity contribution in [1.82, 2.24) is 15.0 Å². The number of anilines is 2. The van der Waals surface area contributed by atoms with Gasteiger partial charge in [0.05, 0.1) is 41.5 Å². The van der Waals surface area contributed by atoms with Crippen LogP contribution in [-0.2, 0) is 33.0 Å². The number of aliphatic hydroxyl groups excluding tert-OH is 1. The molecule has 1 unspecified atom stereocenters. The highest BCUT2D eigenvalue weighted by Gasteiger charge is 2.66. The van der Waals surface area contributed by atoms with Crippen molar-refractivity contribution >= 4 is 37.2 Å². The van der Waals surface area contributed by atoms with Crippen molar-refractivity contribution in [2.45, 2.75) is 82.0 Å². The quantitative estimate of drug-likeness (QED) is 0.119. The minimum absolute atomic E-state index is 0.101. The minimum Gasteiger partial charge on any atom is -0.432 e. The Hall–Kier alpha value is -4.76. The number of hydrogen-bond acceptors (Lipinski definition) is 9. The Morgan fingerprint density at radius 2 is 1.83 bits per heavy atom. The van der Waals surface area contributed by atoms with E-state index in [-0.39, 0.29) is 42.1 Å². The number of fused-ring (bicyclic) bond motifs is 2. The average molecular weight is 725 g/mol. The van der Waals surface area contributed by atoms with Gasteiger partial charge in [-0.05, 0) is 61.7 Å². The van der Waals surface area contributed by atoms with E-state index < -0.39 is 30.9 Å². The molecule has 52 heavy (non-hydrogen) atoms. The number of ether oxygens (including phenoxy) is 1. The van der Waals surface area contributed by atoms with Crippen LogP contribution in [0.5, 0.6) is 0 Å². The molecule has 14 heteroatoms. The molecule has 4 aromatic rings. The third kappa shape index (κ3) is 6.33. The second-order valence-electron chi connectivity index (χ2n) is 14.7. The number of nitrogens with zero attached hydrogens (tertiary/aromatic N) is 6.